The van der Waals surface area contributed by atoms with E-state index in [1.54, 1.807) is 12.1 Å². The van der Waals surface area contributed by atoms with Gasteiger partial charge in [-0.1, -0.05) is 24.6 Å². The molecule has 0 atom stereocenters. The molecule has 0 fully saturated rings. The Hall–Kier alpha value is -1.06. The molecule has 0 radical (unpaired) electrons. The largest absolute Gasteiger partial charge is 0.290 e. The maximum atomic E-state index is 8.77. The van der Waals surface area contributed by atoms with Crippen molar-refractivity contribution < 1.29 is 5.21 Å². The number of halogens is 1. The molecule has 2 N–H and O–H groups in total. The van der Waals surface area contributed by atoms with E-state index in [9.17, 15) is 0 Å². The predicted molar refractivity (Wildman–Crippen MR) is 58.4 cm³/mol. The quantitative estimate of drug-likeness (QED) is 0.459. The van der Waals surface area contributed by atoms with Crippen molar-refractivity contribution in [1.29, 1.82) is 0 Å². The topological polar surface area (TPSA) is 44.6 Å². The highest BCUT2D eigenvalue weighted by Gasteiger charge is 1.96. The second-order valence-corrected chi connectivity index (χ2v) is 3.34. The van der Waals surface area contributed by atoms with Crippen molar-refractivity contribution in [3.8, 4) is 0 Å². The third-order valence-electron chi connectivity index (χ3n) is 1.69. The first-order chi connectivity index (χ1) is 6.76. The van der Waals surface area contributed by atoms with Gasteiger partial charge in [0.1, 0.15) is 5.84 Å². The maximum absolute atomic E-state index is 8.77. The van der Waals surface area contributed by atoms with Crippen molar-refractivity contribution in [2.24, 2.45) is 4.99 Å². The highest BCUT2D eigenvalue weighted by atomic mass is 35.5. The van der Waals surface area contributed by atoms with E-state index in [1.807, 2.05) is 19.1 Å². The third-order valence-corrected chi connectivity index (χ3v) is 1.92. The van der Waals surface area contributed by atoms with Crippen LogP contribution in [0.5, 0.6) is 0 Å². The van der Waals surface area contributed by atoms with Gasteiger partial charge >= 0.3 is 0 Å². The van der Waals surface area contributed by atoms with Crippen LogP contribution in [0, 0.1) is 0 Å². The number of nitrogens with one attached hydrogen (secondary N) is 1. The Labute approximate surface area is 88.4 Å². The van der Waals surface area contributed by atoms with Crippen molar-refractivity contribution in [3.63, 3.8) is 0 Å². The number of hydroxylamine groups is 1. The molecular formula is C10H13ClN2O. The Morgan fingerprint density at radius 1 is 1.57 bits per heavy atom. The zero-order valence-electron chi connectivity index (χ0n) is 8.00. The number of hydrogen-bond donors (Lipinski definition) is 2. The van der Waals surface area contributed by atoms with Gasteiger partial charge in [0.25, 0.3) is 0 Å². The Balaban J connectivity index is 2.83. The molecule has 0 aliphatic carbocycles. The molecule has 4 heteroatoms. The van der Waals surface area contributed by atoms with Gasteiger partial charge in [-0.3, -0.25) is 10.7 Å². The van der Waals surface area contributed by atoms with Crippen LogP contribution in [0.15, 0.2) is 29.3 Å². The number of rotatable bonds is 3. The average molecular weight is 213 g/mol. The molecule has 76 valence electrons. The van der Waals surface area contributed by atoms with Gasteiger partial charge in [-0.05, 0) is 24.6 Å². The maximum Gasteiger partial charge on any atom is 0.126 e. The number of aliphatic imine (C=N–C) groups is 1. The summed E-state index contributed by atoms with van der Waals surface area (Å²) in [5.74, 6) is 0.551. The van der Waals surface area contributed by atoms with E-state index in [0.717, 1.165) is 12.1 Å². The van der Waals surface area contributed by atoms with E-state index < -0.39 is 0 Å². The molecule has 1 aromatic rings. The molecule has 0 unspecified atom stereocenters. The lowest BCUT2D eigenvalue weighted by Crippen LogP contribution is -2.17. The number of hydrogen-bond acceptors (Lipinski definition) is 2. The molecule has 0 saturated carbocycles. The van der Waals surface area contributed by atoms with Gasteiger partial charge in [0.2, 0.25) is 0 Å². The third kappa shape index (κ3) is 3.36. The molecule has 14 heavy (non-hydrogen) atoms. The van der Waals surface area contributed by atoms with Gasteiger partial charge < -0.3 is 0 Å². The Morgan fingerprint density at radius 2 is 2.36 bits per heavy atom. The van der Waals surface area contributed by atoms with Crippen LogP contribution < -0.4 is 5.48 Å². The summed E-state index contributed by atoms with van der Waals surface area (Å²) in [4.78, 5) is 4.20. The van der Waals surface area contributed by atoms with Gasteiger partial charge in [-0.15, -0.1) is 0 Å². The normalized spacial score (nSPS) is 11.5. The minimum Gasteiger partial charge on any atom is -0.290 e. The van der Waals surface area contributed by atoms with Crippen LogP contribution in [-0.2, 0) is 0 Å². The fourth-order valence-corrected chi connectivity index (χ4v) is 1.26. The van der Waals surface area contributed by atoms with Crippen LogP contribution in [-0.4, -0.2) is 11.0 Å². The lowest BCUT2D eigenvalue weighted by atomic mass is 10.3. The molecule has 0 aliphatic heterocycles. The van der Waals surface area contributed by atoms with Gasteiger partial charge in [0, 0.05) is 11.4 Å². The summed E-state index contributed by atoms with van der Waals surface area (Å²) >= 11 is 5.80. The first-order valence-electron chi connectivity index (χ1n) is 4.49. The van der Waals surface area contributed by atoms with Gasteiger partial charge in [-0.2, -0.15) is 0 Å². The fraction of sp³-hybridized carbons (Fsp3) is 0.300. The zero-order chi connectivity index (χ0) is 10.4. The van der Waals surface area contributed by atoms with E-state index in [2.05, 4.69) is 10.5 Å². The van der Waals surface area contributed by atoms with Crippen molar-refractivity contribution in [2.45, 2.75) is 19.8 Å². The molecule has 0 saturated heterocycles. The van der Waals surface area contributed by atoms with Crippen molar-refractivity contribution >= 4 is 23.1 Å². The fourth-order valence-electron chi connectivity index (χ4n) is 1.08. The molecule has 1 rings (SSSR count). The molecule has 0 aliphatic rings. The van der Waals surface area contributed by atoms with Crippen molar-refractivity contribution in [1.82, 2.24) is 5.48 Å². The average Bonchev–Trinajstić information content (AvgIpc) is 2.17. The molecule has 0 amide bonds. The predicted octanol–water partition coefficient (Wildman–Crippen LogP) is 3.15. The summed E-state index contributed by atoms with van der Waals surface area (Å²) in [6.07, 6.45) is 1.63. The SMILES string of the molecule is CCCC(=Nc1cccc(Cl)c1)NO. The van der Waals surface area contributed by atoms with Crippen LogP contribution in [0.1, 0.15) is 19.8 Å². The standard InChI is InChI=1S/C10H13ClN2O/c1-2-4-10(13-14)12-9-6-3-5-8(11)7-9/h3,5-7,14H,2,4H2,1H3,(H,12,13). The smallest absolute Gasteiger partial charge is 0.126 e. The van der Waals surface area contributed by atoms with Crippen LogP contribution in [0.25, 0.3) is 0 Å². The highest BCUT2D eigenvalue weighted by Crippen LogP contribution is 2.18. The van der Waals surface area contributed by atoms with Crippen LogP contribution >= 0.6 is 11.6 Å². The van der Waals surface area contributed by atoms with Gasteiger partial charge in [-0.25, -0.2) is 4.99 Å². The van der Waals surface area contributed by atoms with Crippen molar-refractivity contribution in [3.05, 3.63) is 29.3 Å². The highest BCUT2D eigenvalue weighted by molar-refractivity contribution is 6.30. The van der Waals surface area contributed by atoms with E-state index in [1.165, 1.54) is 0 Å². The summed E-state index contributed by atoms with van der Waals surface area (Å²) in [5, 5.41) is 9.41. The molecular weight excluding hydrogens is 200 g/mol. The first-order valence-corrected chi connectivity index (χ1v) is 4.87. The van der Waals surface area contributed by atoms with Gasteiger partial charge in [0.15, 0.2) is 0 Å². The van der Waals surface area contributed by atoms with E-state index >= 15 is 0 Å². The molecule has 0 heterocycles. The van der Waals surface area contributed by atoms with Crippen LogP contribution in [0.4, 0.5) is 5.69 Å². The minimum atomic E-state index is 0.551. The number of benzene rings is 1. The van der Waals surface area contributed by atoms with Crippen LogP contribution in [0.2, 0.25) is 5.02 Å². The second-order valence-electron chi connectivity index (χ2n) is 2.90. The molecule has 0 aromatic heterocycles. The molecule has 1 aromatic carbocycles. The summed E-state index contributed by atoms with van der Waals surface area (Å²) in [5.41, 5.74) is 2.82. The summed E-state index contributed by atoms with van der Waals surface area (Å²) in [6.45, 7) is 2.02. The Kier molecular flexibility index (Phi) is 4.43. The van der Waals surface area contributed by atoms with Crippen molar-refractivity contribution in [2.75, 3.05) is 0 Å². The lowest BCUT2D eigenvalue weighted by Gasteiger charge is -2.02. The zero-order valence-corrected chi connectivity index (χ0v) is 8.75. The number of amidine groups is 1. The lowest BCUT2D eigenvalue weighted by molar-refractivity contribution is 0.231. The Morgan fingerprint density at radius 3 is 2.93 bits per heavy atom. The second kappa shape index (κ2) is 5.62. The van der Waals surface area contributed by atoms with Crippen LogP contribution in [0.3, 0.4) is 0 Å². The van der Waals surface area contributed by atoms with E-state index in [-0.39, 0.29) is 0 Å². The first kappa shape index (κ1) is 11.0. The summed E-state index contributed by atoms with van der Waals surface area (Å²) in [7, 11) is 0. The summed E-state index contributed by atoms with van der Waals surface area (Å²) < 4.78 is 0. The minimum absolute atomic E-state index is 0.551. The van der Waals surface area contributed by atoms with E-state index in [4.69, 9.17) is 16.8 Å². The number of nitrogens with zero attached hydrogens (tertiary/aromatic N) is 1. The summed E-state index contributed by atoms with van der Waals surface area (Å²) in [6, 6.07) is 7.18. The van der Waals surface area contributed by atoms with Gasteiger partial charge in [0.05, 0.1) is 5.69 Å². The van der Waals surface area contributed by atoms with E-state index in [0.29, 0.717) is 17.3 Å². The monoisotopic (exact) mass is 212 g/mol. The Bertz CT molecular complexity index is 326. The molecule has 0 bridgehead atoms. The molecule has 0 spiro atoms. The molecule has 3 nitrogen and oxygen atoms in total.